The van der Waals surface area contributed by atoms with E-state index in [1.165, 1.54) is 162 Å². The normalized spacial score (nSPS) is 12.0. The largest absolute Gasteiger partial charge is 0.491 e. The van der Waals surface area contributed by atoms with Crippen molar-refractivity contribution >= 4 is 22.7 Å². The van der Waals surface area contributed by atoms with Crippen molar-refractivity contribution in [3.05, 3.63) is 92.7 Å². The molecule has 0 saturated carbocycles. The molecule has 8 heteroatoms. The Bertz CT molecular complexity index is 1830. The summed E-state index contributed by atoms with van der Waals surface area (Å²) in [7, 11) is 0. The van der Waals surface area contributed by atoms with Gasteiger partial charge in [0.05, 0.1) is 23.0 Å². The van der Waals surface area contributed by atoms with Crippen LogP contribution in [-0.2, 0) is 12.8 Å². The van der Waals surface area contributed by atoms with E-state index in [4.69, 9.17) is 19.7 Å². The summed E-state index contributed by atoms with van der Waals surface area (Å²) in [4.78, 5) is 4.74. The zero-order valence-corrected chi connectivity index (χ0v) is 42.2. The summed E-state index contributed by atoms with van der Waals surface area (Å²) in [6.45, 7) is 3.98. The van der Waals surface area contributed by atoms with E-state index in [1.54, 1.807) is 22.7 Å². The number of ether oxygens (including phenoxy) is 2. The Hall–Kier alpha value is -3.60. The van der Waals surface area contributed by atoms with Crippen molar-refractivity contribution in [3.63, 3.8) is 0 Å². The number of aryl methyl sites for hydroxylation is 2. The van der Waals surface area contributed by atoms with Crippen LogP contribution in [0.25, 0.3) is 9.75 Å². The van der Waals surface area contributed by atoms with Gasteiger partial charge in [0.15, 0.2) is 0 Å². The molecular weight excluding hydrogens is 857 g/mol. The molecule has 2 unspecified atom stereocenters. The lowest BCUT2D eigenvalue weighted by Crippen LogP contribution is -2.21. The first-order valence-corrected chi connectivity index (χ1v) is 27.4. The monoisotopic (exact) mass is 939 g/mol. The fourth-order valence-electron chi connectivity index (χ4n) is 8.01. The molecule has 4 rings (SSSR count). The van der Waals surface area contributed by atoms with Gasteiger partial charge in [-0.3, -0.25) is 0 Å². The smallest absolute Gasteiger partial charge is 0.119 e. The van der Waals surface area contributed by atoms with Crippen LogP contribution in [0.15, 0.2) is 60.7 Å². The minimum absolute atomic E-state index is 0.0424. The molecule has 0 amide bonds. The van der Waals surface area contributed by atoms with Crippen LogP contribution < -0.4 is 9.47 Å². The molecule has 0 fully saturated rings. The first kappa shape index (κ1) is 55.0. The van der Waals surface area contributed by atoms with Crippen LogP contribution in [0.3, 0.4) is 0 Å². The molecule has 0 aliphatic rings. The summed E-state index contributed by atoms with van der Waals surface area (Å²) in [5.41, 5.74) is 4.45. The molecule has 0 spiro atoms. The van der Waals surface area contributed by atoms with E-state index in [1.807, 2.05) is 48.5 Å². The van der Waals surface area contributed by atoms with Crippen molar-refractivity contribution in [1.29, 1.82) is 0 Å². The number of unbranched alkanes of at least 4 members (excludes halogenated alkanes) is 22. The van der Waals surface area contributed by atoms with Gasteiger partial charge in [-0.2, -0.15) is 0 Å². The number of hydrogen-bond acceptors (Lipinski definition) is 8. The maximum absolute atomic E-state index is 9.69. The predicted octanol–water partition coefficient (Wildman–Crippen LogP) is 14.2. The highest BCUT2D eigenvalue weighted by atomic mass is 32.1. The van der Waals surface area contributed by atoms with E-state index in [0.29, 0.717) is 11.5 Å². The summed E-state index contributed by atoms with van der Waals surface area (Å²) < 4.78 is 11.2. The maximum atomic E-state index is 9.69. The first-order valence-electron chi connectivity index (χ1n) is 25.8. The summed E-state index contributed by atoms with van der Waals surface area (Å²) in [5, 5.41) is 37.6. The van der Waals surface area contributed by atoms with Gasteiger partial charge >= 0.3 is 0 Å². The fraction of sp³-hybridized carbons (Fsp3) is 0.586. The van der Waals surface area contributed by atoms with Gasteiger partial charge in [-0.15, -0.1) is 22.7 Å². The van der Waals surface area contributed by atoms with Gasteiger partial charge in [-0.1, -0.05) is 179 Å². The molecule has 0 bridgehead atoms. The van der Waals surface area contributed by atoms with Crippen molar-refractivity contribution in [3.8, 4) is 44.9 Å². The Labute approximate surface area is 407 Å². The first-order chi connectivity index (χ1) is 32.4. The quantitative estimate of drug-likeness (QED) is 0.0271. The number of aliphatic hydroxyl groups is 4. The molecule has 0 aliphatic heterocycles. The molecule has 4 N–H and O–H groups in total. The third-order valence-corrected chi connectivity index (χ3v) is 14.5. The van der Waals surface area contributed by atoms with Gasteiger partial charge in [0.1, 0.15) is 36.9 Å². The Morgan fingerprint density at radius 1 is 0.424 bits per heavy atom. The van der Waals surface area contributed by atoms with E-state index >= 15 is 0 Å². The lowest BCUT2D eigenvalue weighted by atomic mass is 10.0. The number of aliphatic hydroxyl groups excluding tert-OH is 4. The highest BCUT2D eigenvalue weighted by molar-refractivity contribution is 7.22. The molecule has 0 radical (unpaired) electrons. The number of hydrogen-bond donors (Lipinski definition) is 4. The summed E-state index contributed by atoms with van der Waals surface area (Å²) in [6, 6.07) is 20.0. The van der Waals surface area contributed by atoms with Crippen molar-refractivity contribution < 1.29 is 29.9 Å². The highest BCUT2D eigenvalue weighted by Gasteiger charge is 2.15. The van der Waals surface area contributed by atoms with E-state index in [0.717, 1.165) is 46.6 Å². The van der Waals surface area contributed by atoms with Crippen LogP contribution in [0.4, 0.5) is 0 Å². The van der Waals surface area contributed by atoms with Gasteiger partial charge in [0, 0.05) is 20.9 Å². The van der Waals surface area contributed by atoms with Crippen LogP contribution in [0.2, 0.25) is 0 Å². The van der Waals surface area contributed by atoms with Gasteiger partial charge in [-0.25, -0.2) is 0 Å². The van der Waals surface area contributed by atoms with Crippen LogP contribution in [0, 0.1) is 23.7 Å². The predicted molar refractivity (Wildman–Crippen MR) is 279 cm³/mol. The van der Waals surface area contributed by atoms with Crippen molar-refractivity contribution in [1.82, 2.24) is 0 Å². The molecule has 0 saturated heterocycles. The zero-order valence-electron chi connectivity index (χ0n) is 40.6. The Morgan fingerprint density at radius 3 is 1.03 bits per heavy atom. The lowest BCUT2D eigenvalue weighted by molar-refractivity contribution is 0.0536. The third kappa shape index (κ3) is 22.9. The molecule has 6 nitrogen and oxygen atoms in total. The molecule has 4 aromatic rings. The maximum Gasteiger partial charge on any atom is 0.119 e. The van der Waals surface area contributed by atoms with Crippen LogP contribution in [0.1, 0.15) is 200 Å². The molecule has 0 aliphatic carbocycles. The zero-order chi connectivity index (χ0) is 46.9. The topological polar surface area (TPSA) is 99.4 Å². The second kappa shape index (κ2) is 34.7. The van der Waals surface area contributed by atoms with Crippen molar-refractivity contribution in [2.75, 3.05) is 26.4 Å². The molecule has 2 heterocycles. The molecular formula is C58H82O6S2. The summed E-state index contributed by atoms with van der Waals surface area (Å²) in [5.74, 6) is 15.2. The fourth-order valence-corrected chi connectivity index (χ4v) is 10.2. The standard InChI is InChI=1S/C58H82O6S2/c1-3-5-7-9-11-13-15-17-19-21-23-25-27-49-41-57(65-55(49)39-33-47-29-35-53(36-30-47)63-45-51(61)43-59)58-42-50(28-26-24-22-20-18-16-14-12-10-8-6-4-2)56(66-58)40-34-48-31-37-54(38-32-48)64-46-52(62)44-60/h29-32,35-38,41-42,51-52,59-62H,3-28,43-46H2,1-2H3. The van der Waals surface area contributed by atoms with Gasteiger partial charge in [0.25, 0.3) is 0 Å². The van der Waals surface area contributed by atoms with Crippen molar-refractivity contribution in [2.24, 2.45) is 0 Å². The minimum atomic E-state index is -0.906. The number of benzene rings is 2. The summed E-state index contributed by atoms with van der Waals surface area (Å²) in [6.07, 6.45) is 32.1. The average molecular weight is 939 g/mol. The molecule has 2 aromatic carbocycles. The number of rotatable bonds is 35. The van der Waals surface area contributed by atoms with Crippen LogP contribution in [-0.4, -0.2) is 59.1 Å². The molecule has 2 aromatic heterocycles. The molecule has 362 valence electrons. The van der Waals surface area contributed by atoms with Gasteiger partial charge in [-0.05, 0) is 97.5 Å². The Kier molecular flexibility index (Phi) is 28.9. The lowest BCUT2D eigenvalue weighted by Gasteiger charge is -2.09. The van der Waals surface area contributed by atoms with Crippen LogP contribution in [0.5, 0.6) is 11.5 Å². The van der Waals surface area contributed by atoms with E-state index < -0.39 is 12.2 Å². The van der Waals surface area contributed by atoms with Gasteiger partial charge < -0.3 is 29.9 Å². The second-order valence-corrected chi connectivity index (χ2v) is 20.2. The summed E-state index contributed by atoms with van der Waals surface area (Å²) >= 11 is 3.58. The Morgan fingerprint density at radius 2 is 0.727 bits per heavy atom. The van der Waals surface area contributed by atoms with E-state index in [-0.39, 0.29) is 26.4 Å². The van der Waals surface area contributed by atoms with E-state index in [9.17, 15) is 10.2 Å². The van der Waals surface area contributed by atoms with E-state index in [2.05, 4.69) is 49.7 Å². The van der Waals surface area contributed by atoms with Crippen molar-refractivity contribution in [2.45, 2.75) is 193 Å². The highest BCUT2D eigenvalue weighted by Crippen LogP contribution is 2.39. The SMILES string of the molecule is CCCCCCCCCCCCCCc1cc(-c2cc(CCCCCCCCCCCCCC)c(C#Cc3ccc(OCC(O)CO)cc3)s2)sc1C#Cc1ccc(OCC(O)CO)cc1. The second-order valence-electron chi connectivity index (χ2n) is 18.1. The minimum Gasteiger partial charge on any atom is -0.491 e. The Balaban J connectivity index is 1.47. The van der Waals surface area contributed by atoms with Crippen LogP contribution >= 0.6 is 22.7 Å². The third-order valence-electron chi connectivity index (χ3n) is 12.1. The average Bonchev–Trinajstić information content (AvgIpc) is 3.95. The molecule has 2 atom stereocenters. The molecule has 66 heavy (non-hydrogen) atoms. The number of thiophene rings is 2. The van der Waals surface area contributed by atoms with Gasteiger partial charge in [0.2, 0.25) is 0 Å².